The molecule has 2 aliphatic heterocycles. The van der Waals surface area contributed by atoms with Crippen LogP contribution in [0.25, 0.3) is 0 Å². The zero-order valence-electron chi connectivity index (χ0n) is 15.4. The summed E-state index contributed by atoms with van der Waals surface area (Å²) in [7, 11) is 0. The molecule has 6 nitrogen and oxygen atoms in total. The van der Waals surface area contributed by atoms with Crippen LogP contribution < -0.4 is 5.32 Å². The molecule has 4 atom stereocenters. The summed E-state index contributed by atoms with van der Waals surface area (Å²) in [5, 5.41) is 11.6. The Morgan fingerprint density at radius 1 is 1.33 bits per heavy atom. The van der Waals surface area contributed by atoms with Crippen molar-refractivity contribution < 1.29 is 19.5 Å². The van der Waals surface area contributed by atoms with Gasteiger partial charge in [0.1, 0.15) is 17.0 Å². The molecule has 1 unspecified atom stereocenters. The number of thioether (sulfide) groups is 2. The van der Waals surface area contributed by atoms with Gasteiger partial charge in [0.05, 0.1) is 5.25 Å². The van der Waals surface area contributed by atoms with E-state index in [-0.39, 0.29) is 22.4 Å². The summed E-state index contributed by atoms with van der Waals surface area (Å²) in [4.78, 5) is 39.5. The Morgan fingerprint density at radius 2 is 1.96 bits per heavy atom. The van der Waals surface area contributed by atoms with E-state index in [0.717, 1.165) is 8.47 Å². The van der Waals surface area contributed by atoms with E-state index in [4.69, 9.17) is 0 Å². The first kappa shape index (κ1) is 20.8. The Kier molecular flexibility index (Phi) is 5.50. The number of nitrogens with one attached hydrogen (secondary N) is 1. The molecule has 3 rings (SSSR count). The van der Waals surface area contributed by atoms with Crippen LogP contribution in [0.2, 0.25) is 0 Å². The van der Waals surface area contributed by atoms with Gasteiger partial charge in [-0.1, -0.05) is 12.1 Å². The smallest absolute Gasteiger partial charge is 0.327 e. The van der Waals surface area contributed by atoms with Crippen LogP contribution in [0.1, 0.15) is 27.7 Å². The van der Waals surface area contributed by atoms with Gasteiger partial charge in [-0.15, -0.1) is 23.5 Å². The summed E-state index contributed by atoms with van der Waals surface area (Å²) in [6.45, 7) is 7.13. The molecule has 2 aliphatic rings. The summed E-state index contributed by atoms with van der Waals surface area (Å²) < 4.78 is 0.448. The Balaban J connectivity index is 1.72. The van der Waals surface area contributed by atoms with Gasteiger partial charge in [0.25, 0.3) is 5.91 Å². The molecule has 1 aromatic rings. The third-order valence-electron chi connectivity index (χ3n) is 4.90. The number of carboxylic acids is 1. The van der Waals surface area contributed by atoms with Gasteiger partial charge in [-0.3, -0.25) is 9.59 Å². The number of nitrogens with zero attached hydrogens (tertiary/aromatic N) is 1. The van der Waals surface area contributed by atoms with Gasteiger partial charge in [-0.05, 0) is 62.4 Å². The number of hydrogen-bond donors (Lipinski definition) is 2. The molecule has 0 saturated carbocycles. The van der Waals surface area contributed by atoms with Crippen molar-refractivity contribution in [1.82, 2.24) is 10.2 Å². The van der Waals surface area contributed by atoms with Crippen molar-refractivity contribution in [2.24, 2.45) is 0 Å². The maximum atomic E-state index is 12.8. The van der Waals surface area contributed by atoms with Crippen molar-refractivity contribution in [3.8, 4) is 0 Å². The number of carboxylic acid groups (broad SMARTS) is 1. The largest absolute Gasteiger partial charge is 0.480 e. The predicted molar refractivity (Wildman–Crippen MR) is 115 cm³/mol. The highest BCUT2D eigenvalue weighted by molar-refractivity contribution is 14.1. The normalized spacial score (nSPS) is 29.7. The molecule has 0 radical (unpaired) electrons. The van der Waals surface area contributed by atoms with Crippen LogP contribution in [0.5, 0.6) is 0 Å². The summed E-state index contributed by atoms with van der Waals surface area (Å²) >= 11 is 5.09. The van der Waals surface area contributed by atoms with Gasteiger partial charge < -0.3 is 15.3 Å². The average Bonchev–Trinajstić information content (AvgIpc) is 2.86. The number of β-lactam (4-membered cyclic amide) rings is 1. The molecule has 2 N–H and O–H groups in total. The van der Waals surface area contributed by atoms with Crippen LogP contribution in [0.3, 0.4) is 0 Å². The molecule has 2 amide bonds. The Bertz CT molecular complexity index is 818. The summed E-state index contributed by atoms with van der Waals surface area (Å²) in [5.41, 5.74) is -1.08. The minimum Gasteiger partial charge on any atom is -0.480 e. The molecule has 2 saturated heterocycles. The van der Waals surface area contributed by atoms with Crippen LogP contribution in [0.15, 0.2) is 29.2 Å². The summed E-state index contributed by atoms with van der Waals surface area (Å²) in [6.07, 6.45) is 0. The Hall–Kier alpha value is -0.940. The van der Waals surface area contributed by atoms with Gasteiger partial charge in [0.2, 0.25) is 5.91 Å². The first-order valence-electron chi connectivity index (χ1n) is 8.45. The zero-order valence-corrected chi connectivity index (χ0v) is 19.1. The number of carbonyl (C=O) groups excluding carboxylic acids is 2. The van der Waals surface area contributed by atoms with Gasteiger partial charge in [-0.25, -0.2) is 4.79 Å². The van der Waals surface area contributed by atoms with E-state index in [9.17, 15) is 19.5 Å². The number of carbonyl (C=O) groups is 3. The highest BCUT2D eigenvalue weighted by Crippen LogP contribution is 2.54. The van der Waals surface area contributed by atoms with Gasteiger partial charge >= 0.3 is 5.97 Å². The zero-order chi connectivity index (χ0) is 20.1. The third kappa shape index (κ3) is 3.46. The topological polar surface area (TPSA) is 86.7 Å². The highest BCUT2D eigenvalue weighted by atomic mass is 127. The molecule has 9 heteroatoms. The number of fused-ring (bicyclic) bond motifs is 1. The number of hydrogen-bond acceptors (Lipinski definition) is 5. The minimum atomic E-state index is -1.08. The molecule has 146 valence electrons. The number of aliphatic carboxylic acids is 1. The quantitative estimate of drug-likeness (QED) is 0.353. The molecular formula is C18H21IN2O4S2. The minimum absolute atomic E-state index is 0.229. The van der Waals surface area contributed by atoms with Crippen LogP contribution in [0, 0.1) is 3.57 Å². The molecule has 0 spiro atoms. The van der Waals surface area contributed by atoms with Crippen molar-refractivity contribution in [3.63, 3.8) is 0 Å². The predicted octanol–water partition coefficient (Wildman–Crippen LogP) is 2.79. The van der Waals surface area contributed by atoms with E-state index in [0.29, 0.717) is 0 Å². The lowest BCUT2D eigenvalue weighted by atomic mass is 9.86. The van der Waals surface area contributed by atoms with E-state index in [1.165, 1.54) is 28.4 Å². The van der Waals surface area contributed by atoms with Crippen molar-refractivity contribution in [3.05, 3.63) is 27.8 Å². The van der Waals surface area contributed by atoms with Crippen molar-refractivity contribution in [2.75, 3.05) is 0 Å². The second-order valence-electron chi connectivity index (χ2n) is 7.41. The van der Waals surface area contributed by atoms with Crippen LogP contribution in [0.4, 0.5) is 0 Å². The molecule has 0 bridgehead atoms. The maximum absolute atomic E-state index is 12.8. The number of halogens is 1. The summed E-state index contributed by atoms with van der Waals surface area (Å²) in [5.74, 6) is -1.58. The Labute approximate surface area is 180 Å². The fourth-order valence-electron chi connectivity index (χ4n) is 3.48. The van der Waals surface area contributed by atoms with E-state index in [1.54, 1.807) is 13.8 Å². The maximum Gasteiger partial charge on any atom is 0.327 e. The SMILES string of the molecule is CC(Sc1ccccc1I)C(=O)N[C@@]1(C)C(=O)N2[C@@H](C(=O)O)C(C)(C)S[C@@H]21. The lowest BCUT2D eigenvalue weighted by molar-refractivity contribution is -0.167. The van der Waals surface area contributed by atoms with Gasteiger partial charge in [0.15, 0.2) is 0 Å². The van der Waals surface area contributed by atoms with E-state index < -0.39 is 22.3 Å². The molecule has 2 heterocycles. The fourth-order valence-corrected chi connectivity index (χ4v) is 6.78. The van der Waals surface area contributed by atoms with Gasteiger partial charge in [0, 0.05) is 13.2 Å². The molecule has 0 aromatic heterocycles. The lowest BCUT2D eigenvalue weighted by Gasteiger charge is -2.51. The standard InChI is InChI=1S/C18H21IN2O4S2/c1-9(26-11-8-6-5-7-10(11)19)13(22)20-18(4)15(25)21-12(14(23)24)17(2,3)27-16(18)21/h5-9,12,16H,1-4H3,(H,20,22)(H,23,24)/t9?,12-,16+,18-/m0/s1. The first-order chi connectivity index (χ1) is 12.5. The first-order valence-corrected chi connectivity index (χ1v) is 11.3. The molecule has 2 fully saturated rings. The third-order valence-corrected chi connectivity index (χ3v) is 9.14. The van der Waals surface area contributed by atoms with Crippen LogP contribution >= 0.6 is 46.1 Å². The van der Waals surface area contributed by atoms with E-state index in [2.05, 4.69) is 27.9 Å². The molecule has 1 aromatic carbocycles. The Morgan fingerprint density at radius 3 is 2.56 bits per heavy atom. The van der Waals surface area contributed by atoms with E-state index in [1.807, 2.05) is 38.1 Å². The van der Waals surface area contributed by atoms with Crippen LogP contribution in [-0.4, -0.2) is 54.7 Å². The van der Waals surface area contributed by atoms with Gasteiger partial charge in [-0.2, -0.15) is 0 Å². The fraction of sp³-hybridized carbons (Fsp3) is 0.500. The average molecular weight is 520 g/mol. The van der Waals surface area contributed by atoms with Crippen molar-refractivity contribution >= 4 is 63.9 Å². The number of benzene rings is 1. The van der Waals surface area contributed by atoms with Crippen molar-refractivity contribution in [1.29, 1.82) is 0 Å². The number of rotatable bonds is 5. The highest BCUT2D eigenvalue weighted by Gasteiger charge is 2.70. The lowest BCUT2D eigenvalue weighted by Crippen LogP contribution is -2.78. The van der Waals surface area contributed by atoms with Crippen LogP contribution in [-0.2, 0) is 14.4 Å². The number of amides is 2. The molecule has 0 aliphatic carbocycles. The molecule has 27 heavy (non-hydrogen) atoms. The summed E-state index contributed by atoms with van der Waals surface area (Å²) in [6, 6.07) is 6.92. The second-order valence-corrected chi connectivity index (χ2v) is 11.7. The monoisotopic (exact) mass is 520 g/mol. The van der Waals surface area contributed by atoms with Crippen molar-refractivity contribution in [2.45, 2.75) is 59.5 Å². The molecular weight excluding hydrogens is 499 g/mol. The van der Waals surface area contributed by atoms with E-state index >= 15 is 0 Å². The second kappa shape index (κ2) is 7.14.